The molecule has 0 spiro atoms. The van der Waals surface area contributed by atoms with E-state index in [2.05, 4.69) is 36.3 Å². The van der Waals surface area contributed by atoms with Gasteiger partial charge < -0.3 is 19.8 Å². The number of H-pyrrole nitrogens is 1. The molecule has 5 heteroatoms. The highest BCUT2D eigenvalue weighted by Crippen LogP contribution is 2.19. The van der Waals surface area contributed by atoms with Gasteiger partial charge in [-0.3, -0.25) is 4.79 Å². The normalized spacial score (nSPS) is 12.2. The molecule has 0 aliphatic heterocycles. The molecule has 43 heavy (non-hydrogen) atoms. The molecule has 5 nitrogen and oxygen atoms in total. The van der Waals surface area contributed by atoms with Gasteiger partial charge in [0.1, 0.15) is 0 Å². The van der Waals surface area contributed by atoms with Crippen molar-refractivity contribution in [2.45, 2.75) is 161 Å². The topological polar surface area (TPSA) is 63.3 Å². The number of carbonyl (C=O) groups is 1. The van der Waals surface area contributed by atoms with Crippen LogP contribution < -0.4 is 5.32 Å². The second-order valence-corrected chi connectivity index (χ2v) is 12.6. The van der Waals surface area contributed by atoms with Gasteiger partial charge in [0.15, 0.2) is 0 Å². The molecule has 1 amide bonds. The van der Waals surface area contributed by atoms with E-state index in [1.165, 1.54) is 127 Å². The molecule has 0 aliphatic carbocycles. The van der Waals surface area contributed by atoms with E-state index in [9.17, 15) is 4.79 Å². The molecule has 1 unspecified atom stereocenters. The van der Waals surface area contributed by atoms with Crippen molar-refractivity contribution < 1.29 is 14.3 Å². The van der Waals surface area contributed by atoms with Crippen LogP contribution in [0.4, 0.5) is 0 Å². The lowest BCUT2D eigenvalue weighted by atomic mass is 10.1. The van der Waals surface area contributed by atoms with Gasteiger partial charge in [0, 0.05) is 43.3 Å². The zero-order valence-electron chi connectivity index (χ0n) is 28.1. The third-order valence-corrected chi connectivity index (χ3v) is 8.62. The molecule has 0 saturated carbocycles. The molecular weight excluding hydrogens is 532 g/mol. The first-order valence-corrected chi connectivity index (χ1v) is 18.3. The lowest BCUT2D eigenvalue weighted by molar-refractivity contribution is -0.122. The summed E-state index contributed by atoms with van der Waals surface area (Å²) in [5.74, 6) is 0.0764. The van der Waals surface area contributed by atoms with Crippen LogP contribution in [0.25, 0.3) is 10.9 Å². The van der Waals surface area contributed by atoms with Crippen molar-refractivity contribution in [3.8, 4) is 0 Å². The summed E-state index contributed by atoms with van der Waals surface area (Å²) < 4.78 is 12.3. The molecule has 2 N–H and O–H groups in total. The first-order chi connectivity index (χ1) is 21.2. The molecule has 1 heterocycles. The Morgan fingerprint density at radius 2 is 1.26 bits per heavy atom. The number of ether oxygens (including phenoxy) is 2. The van der Waals surface area contributed by atoms with Crippen molar-refractivity contribution in [1.82, 2.24) is 10.3 Å². The van der Waals surface area contributed by atoms with Crippen LogP contribution >= 0.6 is 0 Å². The quantitative estimate of drug-likeness (QED) is 0.0879. The van der Waals surface area contributed by atoms with Crippen LogP contribution in [-0.4, -0.2) is 43.4 Å². The van der Waals surface area contributed by atoms with Crippen molar-refractivity contribution in [3.63, 3.8) is 0 Å². The van der Waals surface area contributed by atoms with Crippen LogP contribution in [0, 0.1) is 0 Å². The third kappa shape index (κ3) is 19.2. The van der Waals surface area contributed by atoms with Gasteiger partial charge in [-0.1, -0.05) is 148 Å². The van der Waals surface area contributed by atoms with Crippen molar-refractivity contribution in [2.24, 2.45) is 0 Å². The molecule has 1 aromatic heterocycles. The molecule has 2 rings (SSSR count). The summed E-state index contributed by atoms with van der Waals surface area (Å²) >= 11 is 0. The summed E-state index contributed by atoms with van der Waals surface area (Å²) in [7, 11) is 0. The fraction of sp³-hybridized carbons (Fsp3) is 0.763. The van der Waals surface area contributed by atoms with Crippen molar-refractivity contribution in [1.29, 1.82) is 0 Å². The summed E-state index contributed by atoms with van der Waals surface area (Å²) in [4.78, 5) is 16.0. The number of amides is 1. The minimum atomic E-state index is -0.0845. The fourth-order valence-corrected chi connectivity index (χ4v) is 5.81. The first-order valence-electron chi connectivity index (χ1n) is 18.3. The average Bonchev–Trinajstić information content (AvgIpc) is 3.44. The minimum absolute atomic E-state index is 0.0764. The summed E-state index contributed by atoms with van der Waals surface area (Å²) in [6.45, 7) is 7.15. The molecule has 0 bridgehead atoms. The number of para-hydroxylation sites is 1. The lowest BCUT2D eigenvalue weighted by Crippen LogP contribution is -2.36. The monoisotopic (exact) mass is 599 g/mol. The van der Waals surface area contributed by atoms with Crippen LogP contribution in [0.5, 0.6) is 0 Å². The van der Waals surface area contributed by atoms with Crippen LogP contribution in [-0.2, 0) is 20.7 Å². The number of unbranched alkanes of at least 4 members (excludes halogenated alkanes) is 18. The molecule has 246 valence electrons. The van der Waals surface area contributed by atoms with Crippen molar-refractivity contribution in [3.05, 3.63) is 36.0 Å². The Morgan fingerprint density at radius 3 is 1.86 bits per heavy atom. The smallest absolute Gasteiger partial charge is 0.220 e. The number of fused-ring (bicyclic) bond motifs is 1. The van der Waals surface area contributed by atoms with E-state index in [0.29, 0.717) is 19.6 Å². The van der Waals surface area contributed by atoms with Crippen LogP contribution in [0.3, 0.4) is 0 Å². The van der Waals surface area contributed by atoms with Crippen molar-refractivity contribution >= 4 is 16.8 Å². The number of hydrogen-bond acceptors (Lipinski definition) is 3. The Labute approximate surface area is 264 Å². The lowest BCUT2D eigenvalue weighted by Gasteiger charge is -2.19. The molecule has 0 saturated heterocycles. The number of carbonyl (C=O) groups excluding carboxylic acids is 1. The van der Waals surface area contributed by atoms with Crippen LogP contribution in [0.2, 0.25) is 0 Å². The fourth-order valence-electron chi connectivity index (χ4n) is 5.81. The number of aryl methyl sites for hydroxylation is 1. The van der Waals surface area contributed by atoms with Gasteiger partial charge in [-0.2, -0.15) is 0 Å². The second-order valence-electron chi connectivity index (χ2n) is 12.6. The largest absolute Gasteiger partial charge is 0.379 e. The molecule has 0 radical (unpaired) electrons. The number of nitrogens with one attached hydrogen (secondary N) is 2. The number of benzene rings is 1. The van der Waals surface area contributed by atoms with Gasteiger partial charge in [-0.15, -0.1) is 0 Å². The number of rotatable bonds is 30. The second kappa shape index (κ2) is 26.5. The molecular formula is C38H66N2O3. The summed E-state index contributed by atoms with van der Waals surface area (Å²) in [6, 6.07) is 8.27. The van der Waals surface area contributed by atoms with E-state index in [0.717, 1.165) is 38.0 Å². The average molecular weight is 599 g/mol. The maximum absolute atomic E-state index is 12.7. The van der Waals surface area contributed by atoms with E-state index in [1.807, 2.05) is 18.3 Å². The summed E-state index contributed by atoms with van der Waals surface area (Å²) in [5.41, 5.74) is 2.32. The van der Waals surface area contributed by atoms with E-state index in [1.54, 1.807) is 0 Å². The molecule has 2 aromatic rings. The highest BCUT2D eigenvalue weighted by atomic mass is 16.5. The Balaban J connectivity index is 1.60. The predicted octanol–water partition coefficient (Wildman–Crippen LogP) is 10.5. The minimum Gasteiger partial charge on any atom is -0.379 e. The van der Waals surface area contributed by atoms with Crippen LogP contribution in [0.15, 0.2) is 30.5 Å². The van der Waals surface area contributed by atoms with Gasteiger partial charge in [0.2, 0.25) is 5.91 Å². The van der Waals surface area contributed by atoms with E-state index >= 15 is 0 Å². The van der Waals surface area contributed by atoms with Crippen LogP contribution in [0.1, 0.15) is 154 Å². The third-order valence-electron chi connectivity index (χ3n) is 8.62. The van der Waals surface area contributed by atoms with Gasteiger partial charge in [0.25, 0.3) is 0 Å². The maximum Gasteiger partial charge on any atom is 0.220 e. The Kier molecular flexibility index (Phi) is 23.0. The maximum atomic E-state index is 12.7. The molecule has 0 fully saturated rings. The standard InChI is InChI=1S/C38H66N2O3/c1-3-5-7-9-11-13-15-17-19-23-29-42-33-35(43-30-24-20-18-16-14-12-10-8-6-4-2)32-40-38(41)28-27-34-31-39-37-26-22-21-25-36(34)37/h21-22,25-26,31,35,39H,3-20,23-24,27-30,32-33H2,1-2H3,(H,40,41). The van der Waals surface area contributed by atoms with Crippen molar-refractivity contribution in [2.75, 3.05) is 26.4 Å². The summed E-state index contributed by atoms with van der Waals surface area (Å²) in [6.07, 6.45) is 29.6. The Bertz CT molecular complexity index is 911. The molecule has 0 aliphatic rings. The number of aromatic amines is 1. The van der Waals surface area contributed by atoms with Gasteiger partial charge in [-0.25, -0.2) is 0 Å². The van der Waals surface area contributed by atoms with E-state index in [4.69, 9.17) is 9.47 Å². The predicted molar refractivity (Wildman–Crippen MR) is 184 cm³/mol. The zero-order valence-corrected chi connectivity index (χ0v) is 28.1. The van der Waals surface area contributed by atoms with Gasteiger partial charge >= 0.3 is 0 Å². The summed E-state index contributed by atoms with van der Waals surface area (Å²) in [5, 5.41) is 4.32. The number of aromatic nitrogens is 1. The van der Waals surface area contributed by atoms with E-state index in [-0.39, 0.29) is 12.0 Å². The highest BCUT2D eigenvalue weighted by Gasteiger charge is 2.13. The first kappa shape index (κ1) is 37.3. The Morgan fingerprint density at radius 1 is 0.721 bits per heavy atom. The number of hydrogen-bond donors (Lipinski definition) is 2. The molecule has 1 aromatic carbocycles. The van der Waals surface area contributed by atoms with Gasteiger partial charge in [0.05, 0.1) is 12.7 Å². The van der Waals surface area contributed by atoms with Gasteiger partial charge in [-0.05, 0) is 30.9 Å². The van der Waals surface area contributed by atoms with E-state index < -0.39 is 0 Å². The zero-order chi connectivity index (χ0) is 30.6. The SMILES string of the molecule is CCCCCCCCCCCCOCC(CNC(=O)CCc1c[nH]c2ccccc12)OCCCCCCCCCCCC. The highest BCUT2D eigenvalue weighted by molar-refractivity contribution is 5.84. The Hall–Kier alpha value is -1.85. The molecule has 1 atom stereocenters.